The number of aryl methyl sites for hydroxylation is 1. The summed E-state index contributed by atoms with van der Waals surface area (Å²) in [5, 5.41) is 16.6. The Morgan fingerprint density at radius 3 is 3.05 bits per heavy atom. The highest BCUT2D eigenvalue weighted by Crippen LogP contribution is 2.32. The van der Waals surface area contributed by atoms with Crippen molar-refractivity contribution in [3.63, 3.8) is 0 Å². The maximum Gasteiger partial charge on any atom is 0.103 e. The highest BCUT2D eigenvalue weighted by atomic mass is 16.5. The monoisotopic (exact) mass is 311 g/mol. The van der Waals surface area contributed by atoms with Gasteiger partial charge in [-0.1, -0.05) is 0 Å². The summed E-state index contributed by atoms with van der Waals surface area (Å²) >= 11 is 0. The zero-order chi connectivity index (χ0) is 16.0. The largest absolute Gasteiger partial charge is 0.394 e. The van der Waals surface area contributed by atoms with Gasteiger partial charge >= 0.3 is 0 Å². The van der Waals surface area contributed by atoms with Crippen LogP contribution in [0.15, 0.2) is 12.3 Å². The third-order valence-electron chi connectivity index (χ3n) is 4.14. The predicted octanol–water partition coefficient (Wildman–Crippen LogP) is 1.26. The quantitative estimate of drug-likeness (QED) is 0.756. The number of aromatic nitrogens is 2. The Morgan fingerprint density at radius 2 is 2.36 bits per heavy atom. The lowest BCUT2D eigenvalue weighted by Crippen LogP contribution is -2.42. The van der Waals surface area contributed by atoms with Gasteiger partial charge < -0.3 is 19.9 Å². The minimum absolute atomic E-state index is 0.0580. The molecule has 0 spiro atoms. The third-order valence-corrected chi connectivity index (χ3v) is 4.14. The van der Waals surface area contributed by atoms with E-state index in [1.807, 2.05) is 37.8 Å². The number of rotatable bonds is 8. The Balaban J connectivity index is 1.86. The Kier molecular flexibility index (Phi) is 6.37. The summed E-state index contributed by atoms with van der Waals surface area (Å²) in [6.07, 6.45) is 4.19. The molecular weight excluding hydrogens is 282 g/mol. The van der Waals surface area contributed by atoms with Gasteiger partial charge in [0.05, 0.1) is 24.5 Å². The summed E-state index contributed by atoms with van der Waals surface area (Å²) in [6, 6.07) is 2.04. The van der Waals surface area contributed by atoms with Crippen molar-refractivity contribution in [3.05, 3.63) is 18.0 Å². The maximum atomic E-state index is 8.86. The SMILES string of the molecule is Cn1nccc1[C@@H]1OCCC[C@H]1CNCC(C)(C)OCCO. The van der Waals surface area contributed by atoms with Crippen LogP contribution in [0, 0.1) is 5.92 Å². The Hall–Kier alpha value is -0.950. The molecule has 0 aromatic carbocycles. The molecule has 22 heavy (non-hydrogen) atoms. The number of aliphatic hydroxyl groups excluding tert-OH is 1. The number of ether oxygens (including phenoxy) is 2. The second-order valence-corrected chi connectivity index (χ2v) is 6.54. The zero-order valence-electron chi connectivity index (χ0n) is 13.9. The molecule has 1 fully saturated rings. The number of hydrogen-bond donors (Lipinski definition) is 2. The molecule has 126 valence electrons. The first-order valence-electron chi connectivity index (χ1n) is 8.08. The second-order valence-electron chi connectivity index (χ2n) is 6.54. The molecule has 0 radical (unpaired) electrons. The molecule has 0 amide bonds. The van der Waals surface area contributed by atoms with Crippen molar-refractivity contribution in [2.75, 3.05) is 32.9 Å². The van der Waals surface area contributed by atoms with Crippen LogP contribution in [-0.4, -0.2) is 53.4 Å². The van der Waals surface area contributed by atoms with E-state index in [-0.39, 0.29) is 18.3 Å². The fourth-order valence-corrected chi connectivity index (χ4v) is 2.97. The summed E-state index contributed by atoms with van der Waals surface area (Å²) < 4.78 is 13.5. The van der Waals surface area contributed by atoms with Gasteiger partial charge in [-0.25, -0.2) is 0 Å². The lowest BCUT2D eigenvalue weighted by Gasteiger charge is -2.33. The van der Waals surface area contributed by atoms with E-state index in [1.54, 1.807) is 0 Å². The molecule has 0 bridgehead atoms. The van der Waals surface area contributed by atoms with Gasteiger partial charge in [-0.3, -0.25) is 4.68 Å². The van der Waals surface area contributed by atoms with Gasteiger partial charge in [0.15, 0.2) is 0 Å². The molecule has 1 saturated heterocycles. The molecule has 0 saturated carbocycles. The molecule has 2 heterocycles. The van der Waals surface area contributed by atoms with Crippen LogP contribution in [0.2, 0.25) is 0 Å². The minimum atomic E-state index is -0.278. The van der Waals surface area contributed by atoms with E-state index in [9.17, 15) is 0 Å². The van der Waals surface area contributed by atoms with Gasteiger partial charge in [0.25, 0.3) is 0 Å². The standard InChI is InChI=1S/C16H29N3O3/c1-16(2,22-10-8-20)12-17-11-13-5-4-9-21-15(13)14-6-7-18-19(14)3/h6-7,13,15,17,20H,4-5,8-12H2,1-3H3/t13-,15+/m0/s1. The molecule has 0 unspecified atom stereocenters. The third kappa shape index (κ3) is 4.78. The Morgan fingerprint density at radius 1 is 1.55 bits per heavy atom. The Bertz CT molecular complexity index is 448. The highest BCUT2D eigenvalue weighted by molar-refractivity contribution is 5.07. The fourth-order valence-electron chi connectivity index (χ4n) is 2.97. The van der Waals surface area contributed by atoms with E-state index in [1.165, 1.54) is 0 Å². The van der Waals surface area contributed by atoms with Gasteiger partial charge in [0.1, 0.15) is 6.10 Å². The van der Waals surface area contributed by atoms with E-state index in [0.717, 1.165) is 38.2 Å². The first-order chi connectivity index (χ1) is 10.5. The molecule has 1 aromatic heterocycles. The topological polar surface area (TPSA) is 68.5 Å². The summed E-state index contributed by atoms with van der Waals surface area (Å²) in [7, 11) is 1.96. The molecule has 2 rings (SSSR count). The molecule has 1 aliphatic heterocycles. The van der Waals surface area contributed by atoms with E-state index in [0.29, 0.717) is 12.5 Å². The van der Waals surface area contributed by atoms with Crippen molar-refractivity contribution in [1.82, 2.24) is 15.1 Å². The van der Waals surface area contributed by atoms with Crippen LogP contribution in [0.1, 0.15) is 38.5 Å². The van der Waals surface area contributed by atoms with Crippen LogP contribution < -0.4 is 5.32 Å². The van der Waals surface area contributed by atoms with Crippen LogP contribution in [0.5, 0.6) is 0 Å². The maximum absolute atomic E-state index is 8.86. The molecule has 1 aliphatic rings. The number of nitrogens with one attached hydrogen (secondary N) is 1. The van der Waals surface area contributed by atoms with Crippen molar-refractivity contribution in [1.29, 1.82) is 0 Å². The van der Waals surface area contributed by atoms with Crippen molar-refractivity contribution in [3.8, 4) is 0 Å². The highest BCUT2D eigenvalue weighted by Gasteiger charge is 2.29. The van der Waals surface area contributed by atoms with E-state index in [4.69, 9.17) is 14.6 Å². The van der Waals surface area contributed by atoms with Crippen molar-refractivity contribution >= 4 is 0 Å². The molecule has 1 aromatic rings. The zero-order valence-corrected chi connectivity index (χ0v) is 13.9. The molecule has 6 heteroatoms. The van der Waals surface area contributed by atoms with E-state index < -0.39 is 0 Å². The summed E-state index contributed by atoms with van der Waals surface area (Å²) in [4.78, 5) is 0. The number of hydrogen-bond acceptors (Lipinski definition) is 5. The van der Waals surface area contributed by atoms with Gasteiger partial charge in [0.2, 0.25) is 0 Å². The average Bonchev–Trinajstić information content (AvgIpc) is 2.92. The average molecular weight is 311 g/mol. The van der Waals surface area contributed by atoms with E-state index >= 15 is 0 Å². The molecule has 2 atom stereocenters. The Labute approximate surface area is 132 Å². The normalized spacial score (nSPS) is 22.9. The van der Waals surface area contributed by atoms with Crippen LogP contribution in [0.25, 0.3) is 0 Å². The molecule has 6 nitrogen and oxygen atoms in total. The molecule has 0 aliphatic carbocycles. The van der Waals surface area contributed by atoms with Crippen LogP contribution in [0.4, 0.5) is 0 Å². The smallest absolute Gasteiger partial charge is 0.103 e. The van der Waals surface area contributed by atoms with Crippen LogP contribution in [0.3, 0.4) is 0 Å². The number of aliphatic hydroxyl groups is 1. The molecular formula is C16H29N3O3. The first kappa shape index (κ1) is 17.4. The van der Waals surface area contributed by atoms with Gasteiger partial charge in [-0.05, 0) is 32.8 Å². The number of nitrogens with zero attached hydrogens (tertiary/aromatic N) is 2. The lowest BCUT2D eigenvalue weighted by molar-refractivity contribution is -0.0441. The van der Waals surface area contributed by atoms with Gasteiger partial charge in [-0.2, -0.15) is 5.10 Å². The minimum Gasteiger partial charge on any atom is -0.394 e. The summed E-state index contributed by atoms with van der Waals surface area (Å²) in [5.41, 5.74) is 0.864. The van der Waals surface area contributed by atoms with Crippen LogP contribution >= 0.6 is 0 Å². The van der Waals surface area contributed by atoms with Crippen LogP contribution in [-0.2, 0) is 16.5 Å². The summed E-state index contributed by atoms with van der Waals surface area (Å²) in [6.45, 7) is 6.96. The first-order valence-corrected chi connectivity index (χ1v) is 8.08. The van der Waals surface area contributed by atoms with Crippen molar-refractivity contribution in [2.45, 2.75) is 38.4 Å². The van der Waals surface area contributed by atoms with E-state index in [2.05, 4.69) is 10.4 Å². The van der Waals surface area contributed by atoms with Crippen molar-refractivity contribution in [2.24, 2.45) is 13.0 Å². The molecule has 2 N–H and O–H groups in total. The lowest BCUT2D eigenvalue weighted by atomic mass is 9.92. The second kappa shape index (κ2) is 8.06. The van der Waals surface area contributed by atoms with Gasteiger partial charge in [-0.15, -0.1) is 0 Å². The summed E-state index contributed by atoms with van der Waals surface area (Å²) in [5.74, 6) is 0.442. The van der Waals surface area contributed by atoms with Crippen molar-refractivity contribution < 1.29 is 14.6 Å². The van der Waals surface area contributed by atoms with Gasteiger partial charge in [0, 0.05) is 38.9 Å². The predicted molar refractivity (Wildman–Crippen MR) is 84.6 cm³/mol. The fraction of sp³-hybridized carbons (Fsp3) is 0.812.